The van der Waals surface area contributed by atoms with E-state index in [0.717, 1.165) is 5.69 Å². The fourth-order valence-electron chi connectivity index (χ4n) is 2.59. The minimum Gasteiger partial charge on any atom is -0.489 e. The van der Waals surface area contributed by atoms with Gasteiger partial charge in [0.25, 0.3) is 5.91 Å². The van der Waals surface area contributed by atoms with Crippen molar-refractivity contribution in [2.75, 3.05) is 37.0 Å². The van der Waals surface area contributed by atoms with E-state index in [1.165, 1.54) is 0 Å². The number of nitrogens with one attached hydrogen (secondary N) is 3. The van der Waals surface area contributed by atoms with Gasteiger partial charge in [0, 0.05) is 23.4 Å². The summed E-state index contributed by atoms with van der Waals surface area (Å²) in [6, 6.07) is 14.2. The van der Waals surface area contributed by atoms with Gasteiger partial charge in [-0.3, -0.25) is 9.59 Å². The van der Waals surface area contributed by atoms with Gasteiger partial charge in [-0.1, -0.05) is 12.1 Å². The maximum Gasteiger partial charge on any atom is 0.251 e. The van der Waals surface area contributed by atoms with Gasteiger partial charge < -0.3 is 25.4 Å². The molecule has 162 valence electrons. The molecule has 3 N–H and O–H groups in total. The Morgan fingerprint density at radius 3 is 2.33 bits per heavy atom. The predicted molar refractivity (Wildman–Crippen MR) is 119 cm³/mol. The third kappa shape index (κ3) is 8.13. The molecule has 0 aliphatic carbocycles. The van der Waals surface area contributed by atoms with E-state index in [2.05, 4.69) is 16.0 Å². The van der Waals surface area contributed by atoms with Crippen LogP contribution < -0.4 is 20.7 Å². The average Bonchev–Trinajstić information content (AvgIpc) is 2.69. The first-order chi connectivity index (χ1) is 14.3. The molecule has 2 aromatic carbocycles. The van der Waals surface area contributed by atoms with Crippen LogP contribution in [0.25, 0.3) is 0 Å². The second-order valence-electron chi connectivity index (χ2n) is 7.72. The summed E-state index contributed by atoms with van der Waals surface area (Å²) in [5.41, 5.74) is 1.59. The molecule has 2 rings (SSSR count). The molecule has 2 amide bonds. The highest BCUT2D eigenvalue weighted by atomic mass is 16.5. The molecule has 0 unspecified atom stereocenters. The van der Waals surface area contributed by atoms with Gasteiger partial charge in [-0.25, -0.2) is 0 Å². The molecule has 0 atom stereocenters. The van der Waals surface area contributed by atoms with Crippen LogP contribution in [0.1, 0.15) is 38.1 Å². The number of rotatable bonds is 10. The van der Waals surface area contributed by atoms with Gasteiger partial charge in [0.05, 0.1) is 18.8 Å². The van der Waals surface area contributed by atoms with Crippen molar-refractivity contribution in [1.82, 2.24) is 5.32 Å². The summed E-state index contributed by atoms with van der Waals surface area (Å²) >= 11 is 0. The van der Waals surface area contributed by atoms with Crippen molar-refractivity contribution in [2.24, 2.45) is 0 Å². The highest BCUT2D eigenvalue weighted by Crippen LogP contribution is 2.23. The first kappa shape index (κ1) is 23.2. The minimum atomic E-state index is -0.307. The van der Waals surface area contributed by atoms with Gasteiger partial charge in [-0.15, -0.1) is 0 Å². The van der Waals surface area contributed by atoms with Crippen molar-refractivity contribution >= 4 is 23.2 Å². The molecule has 0 bridgehead atoms. The number of hydrogen-bond acceptors (Lipinski definition) is 5. The number of benzene rings is 2. The van der Waals surface area contributed by atoms with Crippen LogP contribution >= 0.6 is 0 Å². The zero-order chi connectivity index (χ0) is 22.0. The Balaban J connectivity index is 1.86. The van der Waals surface area contributed by atoms with Crippen molar-refractivity contribution in [1.29, 1.82) is 0 Å². The monoisotopic (exact) mass is 413 g/mol. The number of amides is 2. The summed E-state index contributed by atoms with van der Waals surface area (Å²) in [6.07, 6.45) is 0. The Morgan fingerprint density at radius 1 is 0.967 bits per heavy atom. The lowest BCUT2D eigenvalue weighted by Gasteiger charge is -2.20. The molecular formula is C23H31N3O4. The largest absolute Gasteiger partial charge is 0.489 e. The zero-order valence-corrected chi connectivity index (χ0v) is 18.1. The summed E-state index contributed by atoms with van der Waals surface area (Å²) in [7, 11) is 0. The Hall–Kier alpha value is -3.06. The average molecular weight is 414 g/mol. The molecule has 0 saturated carbocycles. The van der Waals surface area contributed by atoms with Crippen LogP contribution in [0.15, 0.2) is 48.5 Å². The zero-order valence-electron chi connectivity index (χ0n) is 18.1. The second kappa shape index (κ2) is 11.2. The van der Waals surface area contributed by atoms with Crippen LogP contribution in [0, 0.1) is 0 Å². The SMILES string of the molecule is CCOCCOc1ccccc1NCC(=O)Nc1ccc(C(=O)NC(C)(C)C)cc1. The van der Waals surface area contributed by atoms with E-state index in [9.17, 15) is 9.59 Å². The number of carbonyl (C=O) groups is 2. The fourth-order valence-corrected chi connectivity index (χ4v) is 2.59. The molecule has 0 heterocycles. The molecule has 0 spiro atoms. The van der Waals surface area contributed by atoms with Gasteiger partial charge in [0.15, 0.2) is 0 Å². The molecule has 0 aliphatic rings. The third-order valence-electron chi connectivity index (χ3n) is 3.94. The van der Waals surface area contributed by atoms with Gasteiger partial charge in [-0.2, -0.15) is 0 Å². The maximum atomic E-state index is 12.3. The van der Waals surface area contributed by atoms with E-state index >= 15 is 0 Å². The van der Waals surface area contributed by atoms with E-state index in [0.29, 0.717) is 36.8 Å². The Labute approximate surface area is 178 Å². The van der Waals surface area contributed by atoms with E-state index in [1.54, 1.807) is 24.3 Å². The summed E-state index contributed by atoms with van der Waals surface area (Å²) in [5, 5.41) is 8.80. The van der Waals surface area contributed by atoms with E-state index in [4.69, 9.17) is 9.47 Å². The molecular weight excluding hydrogens is 382 g/mol. The Kier molecular flexibility index (Phi) is 8.68. The van der Waals surface area contributed by atoms with Crippen LogP contribution in [0.5, 0.6) is 5.75 Å². The molecule has 7 heteroatoms. The highest BCUT2D eigenvalue weighted by Gasteiger charge is 2.15. The van der Waals surface area contributed by atoms with Crippen molar-refractivity contribution in [3.05, 3.63) is 54.1 Å². The molecule has 0 aromatic heterocycles. The third-order valence-corrected chi connectivity index (χ3v) is 3.94. The lowest BCUT2D eigenvalue weighted by atomic mass is 10.1. The van der Waals surface area contributed by atoms with Crippen LogP contribution in [0.4, 0.5) is 11.4 Å². The second-order valence-corrected chi connectivity index (χ2v) is 7.72. The van der Waals surface area contributed by atoms with Gasteiger partial charge >= 0.3 is 0 Å². The van der Waals surface area contributed by atoms with E-state index in [-0.39, 0.29) is 23.9 Å². The van der Waals surface area contributed by atoms with Crippen LogP contribution in [0.2, 0.25) is 0 Å². The number of hydrogen-bond donors (Lipinski definition) is 3. The van der Waals surface area contributed by atoms with Crippen LogP contribution in [-0.2, 0) is 9.53 Å². The topological polar surface area (TPSA) is 88.7 Å². The van der Waals surface area contributed by atoms with E-state index < -0.39 is 0 Å². The smallest absolute Gasteiger partial charge is 0.251 e. The summed E-state index contributed by atoms with van der Waals surface area (Å²) in [5.74, 6) is 0.313. The maximum absolute atomic E-state index is 12.3. The lowest BCUT2D eigenvalue weighted by Crippen LogP contribution is -2.40. The van der Waals surface area contributed by atoms with Crippen molar-refractivity contribution in [2.45, 2.75) is 33.2 Å². The molecule has 0 fully saturated rings. The fraction of sp³-hybridized carbons (Fsp3) is 0.391. The normalized spacial score (nSPS) is 10.9. The minimum absolute atomic E-state index is 0.0814. The number of anilines is 2. The summed E-state index contributed by atoms with van der Waals surface area (Å²) in [4.78, 5) is 24.5. The van der Waals surface area contributed by atoms with Gasteiger partial charge in [-0.05, 0) is 64.1 Å². The van der Waals surface area contributed by atoms with Gasteiger partial charge in [0.1, 0.15) is 12.4 Å². The highest BCUT2D eigenvalue weighted by molar-refractivity contribution is 5.97. The number of carbonyl (C=O) groups excluding carboxylic acids is 2. The van der Waals surface area contributed by atoms with Crippen molar-refractivity contribution in [3.8, 4) is 5.75 Å². The molecule has 2 aromatic rings. The van der Waals surface area contributed by atoms with Crippen LogP contribution in [0.3, 0.4) is 0 Å². The Bertz CT molecular complexity index is 829. The standard InChI is InChI=1S/C23H31N3O4/c1-5-29-14-15-30-20-9-7-6-8-19(20)24-16-21(27)25-18-12-10-17(11-13-18)22(28)26-23(2,3)4/h6-13,24H,5,14-16H2,1-4H3,(H,25,27)(H,26,28). The Morgan fingerprint density at radius 2 is 1.67 bits per heavy atom. The first-order valence-corrected chi connectivity index (χ1v) is 10.0. The van der Waals surface area contributed by atoms with Crippen LogP contribution in [-0.4, -0.2) is 43.7 Å². The quantitative estimate of drug-likeness (QED) is 0.517. The molecule has 0 aliphatic heterocycles. The first-order valence-electron chi connectivity index (χ1n) is 10.0. The molecule has 0 radical (unpaired) electrons. The molecule has 0 saturated heterocycles. The predicted octanol–water partition coefficient (Wildman–Crippen LogP) is 3.68. The molecule has 7 nitrogen and oxygen atoms in total. The summed E-state index contributed by atoms with van der Waals surface area (Å²) in [6.45, 7) is 9.38. The summed E-state index contributed by atoms with van der Waals surface area (Å²) < 4.78 is 11.0. The van der Waals surface area contributed by atoms with Crippen molar-refractivity contribution < 1.29 is 19.1 Å². The molecule has 30 heavy (non-hydrogen) atoms. The van der Waals surface area contributed by atoms with Crippen molar-refractivity contribution in [3.63, 3.8) is 0 Å². The van der Waals surface area contributed by atoms with Gasteiger partial charge in [0.2, 0.25) is 5.91 Å². The number of ether oxygens (including phenoxy) is 2. The number of para-hydroxylation sites is 2. The lowest BCUT2D eigenvalue weighted by molar-refractivity contribution is -0.114. The van der Waals surface area contributed by atoms with E-state index in [1.807, 2.05) is 52.0 Å².